The Morgan fingerprint density at radius 1 is 1.00 bits per heavy atom. The molecule has 0 aromatic rings. The van der Waals surface area contributed by atoms with Crippen LogP contribution in [0.5, 0.6) is 0 Å². The van der Waals surface area contributed by atoms with Crippen LogP contribution in [0.4, 0.5) is 0 Å². The molecule has 1 aliphatic heterocycles. The summed E-state index contributed by atoms with van der Waals surface area (Å²) >= 11 is 0. The first kappa shape index (κ1) is 16.6. The molecular weight excluding hydrogens is 304 g/mol. The number of nitrogens with zero attached hydrogens (tertiary/aromatic N) is 1. The van der Waals surface area contributed by atoms with Crippen molar-refractivity contribution in [1.29, 1.82) is 0 Å². The molecule has 0 spiro atoms. The van der Waals surface area contributed by atoms with Crippen molar-refractivity contribution >= 4 is 15.2 Å². The van der Waals surface area contributed by atoms with Crippen molar-refractivity contribution in [3.63, 3.8) is 0 Å². The van der Waals surface area contributed by atoms with E-state index < -0.39 is 26.1 Å². The Morgan fingerprint density at radius 2 is 1.50 bits per heavy atom. The molecule has 2 fully saturated rings. The molecule has 1 aliphatic carbocycles. The van der Waals surface area contributed by atoms with Gasteiger partial charge in [-0.05, 0) is 25.7 Å². The van der Waals surface area contributed by atoms with E-state index in [0.717, 1.165) is 19.3 Å². The summed E-state index contributed by atoms with van der Waals surface area (Å²) in [6, 6.07) is -0.688. The maximum atomic E-state index is 12.1. The Bertz CT molecular complexity index is 457. The Kier molecular flexibility index (Phi) is 4.06. The molecule has 4 N–H and O–H groups in total. The Labute approximate surface area is 118 Å². The number of rotatable bonds is 2. The molecule has 0 aromatic heterocycles. The van der Waals surface area contributed by atoms with Crippen LogP contribution in [0.15, 0.2) is 0 Å². The summed E-state index contributed by atoms with van der Waals surface area (Å²) in [4.78, 5) is 37.0. The normalized spacial score (nSPS) is 33.5. The molecule has 0 bridgehead atoms. The number of piperidine rings is 1. The molecule has 2 unspecified atom stereocenters. The Balaban J connectivity index is 2.66. The molecule has 1 saturated heterocycles. The van der Waals surface area contributed by atoms with Gasteiger partial charge in [0.25, 0.3) is 0 Å². The van der Waals surface area contributed by atoms with Crippen LogP contribution in [0, 0.1) is 5.92 Å². The van der Waals surface area contributed by atoms with Crippen LogP contribution < -0.4 is 0 Å². The molecule has 1 saturated carbocycles. The number of likely N-dealkylation sites (tertiary alicyclic amines) is 1. The van der Waals surface area contributed by atoms with E-state index in [9.17, 15) is 28.7 Å². The van der Waals surface area contributed by atoms with Crippen LogP contribution >= 0.6 is 15.2 Å². The predicted octanol–water partition coefficient (Wildman–Crippen LogP) is 1.08. The van der Waals surface area contributed by atoms with Gasteiger partial charge in [-0.25, -0.2) is 0 Å². The second-order valence-corrected chi connectivity index (χ2v) is 10.8. The van der Waals surface area contributed by atoms with Crippen molar-refractivity contribution in [2.75, 3.05) is 20.6 Å². The van der Waals surface area contributed by atoms with Crippen molar-refractivity contribution in [3.8, 4) is 0 Å². The van der Waals surface area contributed by atoms with Crippen molar-refractivity contribution in [2.24, 2.45) is 5.92 Å². The third-order valence-corrected chi connectivity index (χ3v) is 9.67. The lowest BCUT2D eigenvalue weighted by Crippen LogP contribution is -2.66. The van der Waals surface area contributed by atoms with Crippen molar-refractivity contribution in [1.82, 2.24) is 0 Å². The van der Waals surface area contributed by atoms with Gasteiger partial charge in [0.1, 0.15) is 6.04 Å². The summed E-state index contributed by atoms with van der Waals surface area (Å²) in [6.07, 6.45) is 2.84. The van der Waals surface area contributed by atoms with Crippen LogP contribution in [0.3, 0.4) is 0 Å². The van der Waals surface area contributed by atoms with E-state index >= 15 is 0 Å². The number of hydrogen-bond donors (Lipinski definition) is 4. The molecule has 20 heavy (non-hydrogen) atoms. The highest BCUT2D eigenvalue weighted by atomic mass is 31.2. The fraction of sp³-hybridized carbons (Fsp3) is 1.00. The third kappa shape index (κ3) is 2.34. The van der Waals surface area contributed by atoms with Gasteiger partial charge in [-0.1, -0.05) is 6.42 Å². The van der Waals surface area contributed by atoms with E-state index in [1.54, 1.807) is 0 Å². The van der Waals surface area contributed by atoms with Gasteiger partial charge in [0.15, 0.2) is 0 Å². The first-order valence-corrected chi connectivity index (χ1v) is 10.1. The van der Waals surface area contributed by atoms with Crippen LogP contribution in [-0.4, -0.2) is 55.6 Å². The molecule has 0 amide bonds. The van der Waals surface area contributed by atoms with E-state index in [4.69, 9.17) is 0 Å². The number of quaternary nitrogens is 1. The standard InChI is InChI=1S/C11H23NO6P2/c1-12(2)8-4-6-9-5-3-7-11(10(9)12,19(13,14)15)20(16,17)18/h9-10H,3-8H2,1-2H3,(H3-,13,14,15,16,17,18)/p+1. The smallest absolute Gasteiger partial charge is 0.324 e. The SMILES string of the molecule is C[N+]1(C)CCCC2CCCC(P(=O)(O)O)(P(=O)(O)O)C21. The number of fused-ring (bicyclic) bond motifs is 1. The average Bonchev–Trinajstić information content (AvgIpc) is 2.24. The minimum absolute atomic E-state index is 0.0345. The van der Waals surface area contributed by atoms with E-state index in [-0.39, 0.29) is 16.8 Å². The average molecular weight is 328 g/mol. The Hall–Kier alpha value is 0.260. The topological polar surface area (TPSA) is 115 Å². The lowest BCUT2D eigenvalue weighted by atomic mass is 9.76. The molecule has 1 heterocycles. The van der Waals surface area contributed by atoms with Crippen LogP contribution in [0.25, 0.3) is 0 Å². The van der Waals surface area contributed by atoms with Gasteiger partial charge in [-0.15, -0.1) is 0 Å². The quantitative estimate of drug-likeness (QED) is 0.445. The van der Waals surface area contributed by atoms with Crippen LogP contribution in [0.2, 0.25) is 0 Å². The highest BCUT2D eigenvalue weighted by molar-refractivity contribution is 7.72. The van der Waals surface area contributed by atoms with Gasteiger partial charge in [0.2, 0.25) is 4.90 Å². The fourth-order valence-electron chi connectivity index (χ4n) is 4.45. The maximum Gasteiger partial charge on any atom is 0.349 e. The van der Waals surface area contributed by atoms with Gasteiger partial charge >= 0.3 is 15.2 Å². The van der Waals surface area contributed by atoms with Crippen LogP contribution in [-0.2, 0) is 9.13 Å². The second kappa shape index (κ2) is 4.88. The highest BCUT2D eigenvalue weighted by Crippen LogP contribution is 2.76. The third-order valence-electron chi connectivity index (χ3n) is 5.11. The molecule has 2 atom stereocenters. The monoisotopic (exact) mass is 328 g/mol. The fourth-order valence-corrected chi connectivity index (χ4v) is 8.44. The molecule has 2 rings (SSSR count). The summed E-state index contributed by atoms with van der Waals surface area (Å²) in [7, 11) is -6.24. The summed E-state index contributed by atoms with van der Waals surface area (Å²) in [6.45, 7) is 0.683. The zero-order valence-corrected chi connectivity index (χ0v) is 13.6. The molecule has 0 radical (unpaired) electrons. The van der Waals surface area contributed by atoms with E-state index in [0.29, 0.717) is 13.0 Å². The van der Waals surface area contributed by atoms with Gasteiger partial charge in [0.05, 0.1) is 20.6 Å². The van der Waals surface area contributed by atoms with E-state index in [1.807, 2.05) is 14.1 Å². The first-order chi connectivity index (χ1) is 8.93. The van der Waals surface area contributed by atoms with Crippen LogP contribution in [0.1, 0.15) is 32.1 Å². The van der Waals surface area contributed by atoms with E-state index in [2.05, 4.69) is 0 Å². The molecule has 2 aliphatic rings. The van der Waals surface area contributed by atoms with Gasteiger partial charge < -0.3 is 24.1 Å². The molecule has 9 heteroatoms. The summed E-state index contributed by atoms with van der Waals surface area (Å²) in [5, 5.41) is 0. The number of hydrogen-bond acceptors (Lipinski definition) is 2. The van der Waals surface area contributed by atoms with Crippen molar-refractivity contribution < 1.29 is 33.2 Å². The van der Waals surface area contributed by atoms with Gasteiger partial charge in [-0.2, -0.15) is 0 Å². The first-order valence-electron chi connectivity index (χ1n) is 6.87. The molecule has 7 nitrogen and oxygen atoms in total. The molecular formula is C11H24NO6P2+. The maximum absolute atomic E-state index is 12.1. The van der Waals surface area contributed by atoms with Gasteiger partial charge in [0, 0.05) is 5.92 Å². The van der Waals surface area contributed by atoms with Crippen molar-refractivity contribution in [2.45, 2.75) is 43.0 Å². The van der Waals surface area contributed by atoms with Gasteiger partial charge in [-0.3, -0.25) is 9.13 Å². The second-order valence-electron chi connectivity index (χ2n) is 6.71. The van der Waals surface area contributed by atoms with Crippen molar-refractivity contribution in [3.05, 3.63) is 0 Å². The highest BCUT2D eigenvalue weighted by Gasteiger charge is 2.72. The minimum atomic E-state index is -4.94. The summed E-state index contributed by atoms with van der Waals surface area (Å²) in [5.74, 6) is -0.0345. The minimum Gasteiger partial charge on any atom is -0.324 e. The molecule has 118 valence electrons. The lowest BCUT2D eigenvalue weighted by Gasteiger charge is -2.56. The summed E-state index contributed by atoms with van der Waals surface area (Å²) < 4.78 is 24.4. The summed E-state index contributed by atoms with van der Waals surface area (Å²) in [5.41, 5.74) is 0. The Morgan fingerprint density at radius 3 is 2.00 bits per heavy atom. The predicted molar refractivity (Wildman–Crippen MR) is 74.2 cm³/mol. The zero-order chi connectivity index (χ0) is 15.4. The molecule has 0 aromatic carbocycles. The lowest BCUT2D eigenvalue weighted by molar-refractivity contribution is -0.926. The largest absolute Gasteiger partial charge is 0.349 e. The zero-order valence-electron chi connectivity index (χ0n) is 11.8. The van der Waals surface area contributed by atoms with E-state index in [1.165, 1.54) is 0 Å².